The molecule has 61 heavy (non-hydrogen) atoms. The summed E-state index contributed by atoms with van der Waals surface area (Å²) in [5.74, 6) is 0. The monoisotopic (exact) mass is 950 g/mol. The molecule has 0 bridgehead atoms. The van der Waals surface area contributed by atoms with Gasteiger partial charge in [-0.1, -0.05) is 13.1 Å². The van der Waals surface area contributed by atoms with Gasteiger partial charge in [-0.3, -0.25) is 0 Å². The van der Waals surface area contributed by atoms with Crippen molar-refractivity contribution >= 4 is 68.4 Å². The molecule has 0 amide bonds. The van der Waals surface area contributed by atoms with Crippen molar-refractivity contribution in [3.05, 3.63) is 150 Å². The van der Waals surface area contributed by atoms with Crippen LogP contribution >= 0.6 is 6.83 Å². The number of alkyl halides is 3. The van der Waals surface area contributed by atoms with Crippen LogP contribution in [0, 0.1) is 0 Å². The topological polar surface area (TPSA) is 94.5 Å². The summed E-state index contributed by atoms with van der Waals surface area (Å²) >= 11 is 0. The van der Waals surface area contributed by atoms with E-state index in [9.17, 15) is 21.6 Å². The summed E-state index contributed by atoms with van der Waals surface area (Å²) in [5, 5.41) is 12.6. The van der Waals surface area contributed by atoms with Crippen molar-refractivity contribution in [1.29, 1.82) is 0 Å². The summed E-state index contributed by atoms with van der Waals surface area (Å²) in [7, 11) is 0.0492. The Morgan fingerprint density at radius 3 is 1.62 bits per heavy atom. The van der Waals surface area contributed by atoms with Crippen LogP contribution in [0.25, 0.3) is 0 Å². The number of aryl methyl sites for hydroxylation is 2. The predicted octanol–water partition coefficient (Wildman–Crippen LogP) is 1.41. The van der Waals surface area contributed by atoms with Crippen molar-refractivity contribution < 1.29 is 47.5 Å². The Morgan fingerprint density at radius 1 is 0.738 bits per heavy atom. The third-order valence-corrected chi connectivity index (χ3v) is 23.1. The Hall–Kier alpha value is -4.66. The molecule has 16 heteroatoms. The second-order valence-corrected chi connectivity index (χ2v) is 26.9. The normalized spacial score (nSPS) is 14.2. The summed E-state index contributed by atoms with van der Waals surface area (Å²) in [6, 6.07) is 38.7. The average Bonchev–Trinajstić information content (AvgIpc) is 3.70. The van der Waals surface area contributed by atoms with E-state index in [0.717, 1.165) is 5.71 Å². The molecule has 0 aliphatic carbocycles. The van der Waals surface area contributed by atoms with Crippen molar-refractivity contribution in [1.82, 2.24) is 15.0 Å². The van der Waals surface area contributed by atoms with Gasteiger partial charge in [0.25, 0.3) is 0 Å². The Balaban J connectivity index is 0.00000622. The Kier molecular flexibility index (Phi) is 13.2. The second kappa shape index (κ2) is 17.6. The van der Waals surface area contributed by atoms with E-state index in [2.05, 4.69) is 103 Å². The van der Waals surface area contributed by atoms with Gasteiger partial charge in [-0.25, -0.2) is 0 Å². The summed E-state index contributed by atoms with van der Waals surface area (Å²) in [6.45, 7) is 1.02. The number of anilines is 2. The van der Waals surface area contributed by atoms with Gasteiger partial charge >= 0.3 is 258 Å². The summed E-state index contributed by atoms with van der Waals surface area (Å²) in [4.78, 5) is 8.05. The minimum Gasteiger partial charge on any atom is -1.00 e. The molecule has 1 aromatic heterocycles. The molecular weight excluding hydrogens is 901 g/mol. The third-order valence-electron chi connectivity index (χ3n) is 11.6. The summed E-state index contributed by atoms with van der Waals surface area (Å²) < 4.78 is 77.7. The third kappa shape index (κ3) is 8.47. The van der Waals surface area contributed by atoms with Crippen LogP contribution in [0.1, 0.15) is 23.2 Å². The van der Waals surface area contributed by atoms with Gasteiger partial charge in [-0.15, -0.1) is 0 Å². The Bertz CT molecular complexity index is 2470. The van der Waals surface area contributed by atoms with Crippen LogP contribution in [-0.2, 0) is 27.1 Å². The standard InChI is InChI=1S/C45H50F3N6O3PSSi.BrH/c1-52(2)35-23-25-40-42(31-35)60(5,6)43-32-36(53(3)4)24-26-41(43)44(40)49-28-16-29-54-33-34(50-51-54)27-30-58(37-17-10-7-11-18-37,38-19-12-8-13-20-38,39-21-14-9-15-22-39)57-59(55,56)45(46,47)48;/h7-15,17-26,31-33H,16,27-30H2,1-6H3;1H. The van der Waals surface area contributed by atoms with Gasteiger partial charge < -0.3 is 26.8 Å². The average molecular weight is 952 g/mol. The fourth-order valence-corrected chi connectivity index (χ4v) is 19.6. The quantitative estimate of drug-likeness (QED) is 0.0765. The van der Waals surface area contributed by atoms with Crippen molar-refractivity contribution in [2.24, 2.45) is 0 Å². The van der Waals surface area contributed by atoms with E-state index < -0.39 is 30.5 Å². The molecule has 7 rings (SSSR count). The molecule has 0 fully saturated rings. The van der Waals surface area contributed by atoms with E-state index in [4.69, 9.17) is 3.97 Å². The molecule has 5 aromatic carbocycles. The van der Waals surface area contributed by atoms with Crippen molar-refractivity contribution in [2.75, 3.05) is 50.7 Å². The molecule has 6 aromatic rings. The van der Waals surface area contributed by atoms with Gasteiger partial charge in [0.15, 0.2) is 0 Å². The fraction of sp³-hybridized carbons (Fsp3) is 0.267. The van der Waals surface area contributed by atoms with Crippen LogP contribution in [0.15, 0.2) is 134 Å². The van der Waals surface area contributed by atoms with Crippen molar-refractivity contribution in [3.8, 4) is 0 Å². The van der Waals surface area contributed by atoms with Crippen LogP contribution in [0.2, 0.25) is 13.1 Å². The van der Waals surface area contributed by atoms with Crippen molar-refractivity contribution in [2.45, 2.75) is 38.0 Å². The summed E-state index contributed by atoms with van der Waals surface area (Å²) in [5.41, 5.74) is 0.696. The molecule has 0 atom stereocenters. The minimum atomic E-state index is -6.13. The van der Waals surface area contributed by atoms with E-state index >= 15 is 0 Å². The maximum absolute atomic E-state index is 14.5. The zero-order valence-electron chi connectivity index (χ0n) is 35.1. The van der Waals surface area contributed by atoms with E-state index in [-0.39, 0.29) is 29.6 Å². The van der Waals surface area contributed by atoms with Crippen LogP contribution in [0.3, 0.4) is 0 Å². The first kappa shape index (κ1) is 45.9. The minimum absolute atomic E-state index is 0. The Labute approximate surface area is 368 Å². The first-order chi connectivity index (χ1) is 28.5. The van der Waals surface area contributed by atoms with Crippen LogP contribution in [0.5, 0.6) is 0 Å². The number of nitrogens with zero attached hydrogens (tertiary/aromatic N) is 5. The van der Waals surface area contributed by atoms with E-state index in [1.54, 1.807) is 102 Å². The second-order valence-electron chi connectivity index (χ2n) is 16.2. The zero-order chi connectivity index (χ0) is 43.0. The number of benzene rings is 5. The van der Waals surface area contributed by atoms with Gasteiger partial charge in [-0.05, 0) is 24.3 Å². The van der Waals surface area contributed by atoms with E-state index in [1.165, 1.54) is 32.9 Å². The Morgan fingerprint density at radius 2 is 1.20 bits per heavy atom. The number of halogens is 4. The zero-order valence-corrected chi connectivity index (χ0v) is 39.4. The number of hydrogen-bond donors (Lipinski definition) is 1. The smallest absolute Gasteiger partial charge is 1.00 e. The first-order valence-corrected chi connectivity index (χ1v) is 26.6. The number of rotatable bonds is 14. The molecule has 0 unspecified atom stereocenters. The molecule has 1 aliphatic rings. The molecule has 2 heterocycles. The van der Waals surface area contributed by atoms with Gasteiger partial charge in [-0.2, -0.15) is 0 Å². The number of nitrogens with one attached hydrogen (secondary N) is 1. The predicted molar refractivity (Wildman–Crippen MR) is 242 cm³/mol. The molecule has 1 aliphatic heterocycles. The van der Waals surface area contributed by atoms with Gasteiger partial charge in [0.1, 0.15) is 8.07 Å². The van der Waals surface area contributed by atoms with Crippen molar-refractivity contribution in [3.63, 3.8) is 0 Å². The SMILES string of the molecule is CN(C)c1ccc2c(c1)[Si](C)(C)c1cc(N(C)C)ccc1C2=[NH+]CCCn1cc(CCP(OS(=O)(=O)C(F)(F)F)(c2ccccc2)(c2ccccc2)c2ccccc2)nn1.[Br-]. The number of aromatic nitrogens is 3. The van der Waals surface area contributed by atoms with Crippen LogP contribution in [0.4, 0.5) is 24.5 Å². The maximum Gasteiger partial charge on any atom is -1.00 e. The van der Waals surface area contributed by atoms with Gasteiger partial charge in [0, 0.05) is 39.6 Å². The first-order valence-electron chi connectivity index (χ1n) is 19.8. The molecular formula is C45H51BrF3N6O3PSSi. The van der Waals surface area contributed by atoms with E-state index in [1.807, 2.05) is 0 Å². The van der Waals surface area contributed by atoms with Gasteiger partial charge in [0.05, 0.1) is 0 Å². The van der Waals surface area contributed by atoms with E-state index in [0.29, 0.717) is 41.1 Å². The molecule has 322 valence electrons. The molecule has 0 saturated carbocycles. The number of fused-ring (bicyclic) bond motifs is 2. The maximum atomic E-state index is 14.5. The molecule has 1 N–H and O–H groups in total. The molecule has 9 nitrogen and oxygen atoms in total. The summed E-state index contributed by atoms with van der Waals surface area (Å²) in [6.07, 6.45) is 2.44. The fourth-order valence-electron chi connectivity index (χ4n) is 8.41. The number of hydrogen-bond acceptors (Lipinski definition) is 7. The van der Waals surface area contributed by atoms with Gasteiger partial charge in [0.2, 0.25) is 0 Å². The van der Waals surface area contributed by atoms with Crippen LogP contribution in [-0.4, -0.2) is 83.6 Å². The molecule has 0 saturated heterocycles. The molecule has 0 spiro atoms. The van der Waals surface area contributed by atoms with Crippen LogP contribution < -0.4 is 58.1 Å². The largest absolute Gasteiger partial charge is 1.00 e. The molecule has 0 radical (unpaired) electrons.